The first kappa shape index (κ1) is 22.3. The molecule has 7 heteroatoms. The fourth-order valence-electron chi connectivity index (χ4n) is 3.61. The van der Waals surface area contributed by atoms with Crippen molar-refractivity contribution in [1.29, 1.82) is 0 Å². The van der Waals surface area contributed by atoms with Crippen LogP contribution in [0, 0.1) is 6.92 Å². The molecule has 0 saturated carbocycles. The van der Waals surface area contributed by atoms with Crippen molar-refractivity contribution in [2.75, 3.05) is 26.2 Å². The molecule has 30 heavy (non-hydrogen) atoms. The molecule has 0 radical (unpaired) electrons. The smallest absolute Gasteiger partial charge is 0.263 e. The summed E-state index contributed by atoms with van der Waals surface area (Å²) in [4.78, 5) is 14.9. The maximum absolute atomic E-state index is 12.9. The van der Waals surface area contributed by atoms with Gasteiger partial charge in [-0.25, -0.2) is 8.42 Å². The van der Waals surface area contributed by atoms with Gasteiger partial charge in [0.05, 0.1) is 4.90 Å². The van der Waals surface area contributed by atoms with Crippen LogP contribution in [0.15, 0.2) is 53.4 Å². The van der Waals surface area contributed by atoms with Gasteiger partial charge < -0.3 is 9.64 Å². The zero-order valence-electron chi connectivity index (χ0n) is 18.0. The number of amides is 1. The van der Waals surface area contributed by atoms with Crippen LogP contribution in [0.5, 0.6) is 5.75 Å². The number of carbonyl (C=O) groups is 1. The lowest BCUT2D eigenvalue weighted by molar-refractivity contribution is -0.139. The first-order valence-electron chi connectivity index (χ1n) is 10.3. The molecule has 0 spiro atoms. The molecule has 1 unspecified atom stereocenters. The zero-order chi connectivity index (χ0) is 21.9. The molecule has 6 nitrogen and oxygen atoms in total. The lowest BCUT2D eigenvalue weighted by Crippen LogP contribution is -2.53. The maximum Gasteiger partial charge on any atom is 0.263 e. The normalized spacial score (nSPS) is 16.5. The van der Waals surface area contributed by atoms with Crippen LogP contribution >= 0.6 is 0 Å². The Labute approximate surface area is 179 Å². The fraction of sp³-hybridized carbons (Fsp3) is 0.435. The quantitative estimate of drug-likeness (QED) is 0.704. The van der Waals surface area contributed by atoms with Crippen LogP contribution in [0.1, 0.15) is 37.8 Å². The van der Waals surface area contributed by atoms with Gasteiger partial charge in [-0.05, 0) is 49.1 Å². The molecule has 0 bridgehead atoms. The topological polar surface area (TPSA) is 66.9 Å². The molecule has 0 N–H and O–H groups in total. The molecule has 1 aliphatic rings. The number of sulfonamides is 1. The Morgan fingerprint density at radius 3 is 2.20 bits per heavy atom. The molecule has 2 aromatic rings. The summed E-state index contributed by atoms with van der Waals surface area (Å²) in [6.07, 6.45) is -0.637. The van der Waals surface area contributed by atoms with E-state index < -0.39 is 16.1 Å². The van der Waals surface area contributed by atoms with Gasteiger partial charge in [0.25, 0.3) is 5.91 Å². The van der Waals surface area contributed by atoms with Crippen LogP contribution in [-0.4, -0.2) is 55.8 Å². The number of carbonyl (C=O) groups excluding carboxylic acids is 1. The molecule has 3 rings (SSSR count). The standard InChI is InChI=1S/C23H30N2O4S/c1-17(2)21-11-10-18(3)16-22(21)29-19(4)23(26)24-12-14-25(15-13-24)30(27,28)20-8-6-5-7-9-20/h5-11,16-17,19H,12-15H2,1-4H3. The van der Waals surface area contributed by atoms with Crippen LogP contribution in [0.3, 0.4) is 0 Å². The number of aryl methyl sites for hydroxylation is 1. The van der Waals surface area contributed by atoms with Gasteiger partial charge in [0.15, 0.2) is 6.10 Å². The molecule has 0 aliphatic carbocycles. The average molecular weight is 431 g/mol. The van der Waals surface area contributed by atoms with Crippen molar-refractivity contribution in [3.63, 3.8) is 0 Å². The second-order valence-electron chi connectivity index (χ2n) is 8.00. The summed E-state index contributed by atoms with van der Waals surface area (Å²) in [5, 5.41) is 0. The third kappa shape index (κ3) is 4.84. The number of nitrogens with zero attached hydrogens (tertiary/aromatic N) is 2. The molecule has 1 atom stereocenters. The third-order valence-corrected chi connectivity index (χ3v) is 7.29. The SMILES string of the molecule is Cc1ccc(C(C)C)c(OC(C)C(=O)N2CCN(S(=O)(=O)c3ccccc3)CC2)c1. The van der Waals surface area contributed by atoms with Crippen LogP contribution in [-0.2, 0) is 14.8 Å². The van der Waals surface area contributed by atoms with E-state index in [2.05, 4.69) is 13.8 Å². The van der Waals surface area contributed by atoms with Gasteiger partial charge in [0, 0.05) is 26.2 Å². The fourth-order valence-corrected chi connectivity index (χ4v) is 5.05. The predicted molar refractivity (Wildman–Crippen MR) is 117 cm³/mol. The maximum atomic E-state index is 12.9. The molecular weight excluding hydrogens is 400 g/mol. The van der Waals surface area contributed by atoms with Crippen LogP contribution in [0.2, 0.25) is 0 Å². The van der Waals surface area contributed by atoms with Gasteiger partial charge in [0.1, 0.15) is 5.75 Å². The second kappa shape index (κ2) is 9.18. The van der Waals surface area contributed by atoms with Crippen molar-refractivity contribution in [1.82, 2.24) is 9.21 Å². The van der Waals surface area contributed by atoms with Crippen molar-refractivity contribution < 1.29 is 17.9 Å². The molecule has 1 saturated heterocycles. The molecule has 1 amide bonds. The lowest BCUT2D eigenvalue weighted by atomic mass is 10.0. The summed E-state index contributed by atoms with van der Waals surface area (Å²) in [6, 6.07) is 14.4. The minimum absolute atomic E-state index is 0.122. The Morgan fingerprint density at radius 1 is 0.967 bits per heavy atom. The first-order valence-corrected chi connectivity index (χ1v) is 11.8. The Morgan fingerprint density at radius 2 is 1.60 bits per heavy atom. The molecule has 1 heterocycles. The minimum atomic E-state index is -3.54. The summed E-state index contributed by atoms with van der Waals surface area (Å²) in [6.45, 7) is 9.19. The van der Waals surface area contributed by atoms with E-state index >= 15 is 0 Å². The number of piperazine rings is 1. The number of rotatable bonds is 6. The van der Waals surface area contributed by atoms with Crippen molar-refractivity contribution in [3.05, 3.63) is 59.7 Å². The number of hydrogen-bond acceptors (Lipinski definition) is 4. The number of ether oxygens (including phenoxy) is 1. The average Bonchev–Trinajstić information content (AvgIpc) is 2.73. The summed E-state index contributed by atoms with van der Waals surface area (Å²) in [5.41, 5.74) is 2.15. The lowest BCUT2D eigenvalue weighted by Gasteiger charge is -2.35. The third-order valence-electron chi connectivity index (χ3n) is 5.37. The van der Waals surface area contributed by atoms with E-state index in [-0.39, 0.29) is 29.8 Å². The summed E-state index contributed by atoms with van der Waals surface area (Å²) in [5.74, 6) is 0.897. The largest absolute Gasteiger partial charge is 0.481 e. The number of benzene rings is 2. The summed E-state index contributed by atoms with van der Waals surface area (Å²) < 4.78 is 33.0. The van der Waals surface area contributed by atoms with E-state index in [0.29, 0.717) is 13.1 Å². The minimum Gasteiger partial charge on any atom is -0.481 e. The van der Waals surface area contributed by atoms with Crippen LogP contribution in [0.4, 0.5) is 0 Å². The molecule has 1 fully saturated rings. The summed E-state index contributed by atoms with van der Waals surface area (Å²) >= 11 is 0. The molecular formula is C23H30N2O4S. The van der Waals surface area contributed by atoms with Crippen molar-refractivity contribution in [2.45, 2.75) is 44.6 Å². The highest BCUT2D eigenvalue weighted by molar-refractivity contribution is 7.89. The van der Waals surface area contributed by atoms with Crippen molar-refractivity contribution >= 4 is 15.9 Å². The summed E-state index contributed by atoms with van der Waals surface area (Å²) in [7, 11) is -3.54. The van der Waals surface area contributed by atoms with Gasteiger partial charge >= 0.3 is 0 Å². The Bertz CT molecular complexity index is 982. The van der Waals surface area contributed by atoms with E-state index in [4.69, 9.17) is 4.74 Å². The van der Waals surface area contributed by atoms with Crippen LogP contribution < -0.4 is 4.74 Å². The molecule has 1 aliphatic heterocycles. The van der Waals surface area contributed by atoms with Gasteiger partial charge in [0.2, 0.25) is 10.0 Å². The number of hydrogen-bond donors (Lipinski definition) is 0. The van der Waals surface area contributed by atoms with Gasteiger partial charge in [-0.3, -0.25) is 4.79 Å². The monoisotopic (exact) mass is 430 g/mol. The zero-order valence-corrected chi connectivity index (χ0v) is 18.9. The van der Waals surface area contributed by atoms with Crippen molar-refractivity contribution in [2.24, 2.45) is 0 Å². The van der Waals surface area contributed by atoms with E-state index in [9.17, 15) is 13.2 Å². The van der Waals surface area contributed by atoms with Gasteiger partial charge in [-0.15, -0.1) is 0 Å². The van der Waals surface area contributed by atoms with E-state index in [1.54, 1.807) is 42.2 Å². The van der Waals surface area contributed by atoms with Crippen LogP contribution in [0.25, 0.3) is 0 Å². The van der Waals surface area contributed by atoms with Gasteiger partial charge in [-0.2, -0.15) is 4.31 Å². The Kier molecular flexibility index (Phi) is 6.83. The molecule has 162 valence electrons. The van der Waals surface area contributed by atoms with Crippen molar-refractivity contribution in [3.8, 4) is 5.75 Å². The molecule has 0 aromatic heterocycles. The second-order valence-corrected chi connectivity index (χ2v) is 9.94. The van der Waals surface area contributed by atoms with Gasteiger partial charge in [-0.1, -0.05) is 44.2 Å². The van der Waals surface area contributed by atoms with E-state index in [0.717, 1.165) is 16.9 Å². The Hall–Kier alpha value is -2.38. The Balaban J connectivity index is 1.64. The highest BCUT2D eigenvalue weighted by Crippen LogP contribution is 2.28. The highest BCUT2D eigenvalue weighted by atomic mass is 32.2. The first-order chi connectivity index (χ1) is 14.2. The highest BCUT2D eigenvalue weighted by Gasteiger charge is 2.32. The predicted octanol–water partition coefficient (Wildman–Crippen LogP) is 3.42. The van der Waals surface area contributed by atoms with E-state index in [1.165, 1.54) is 4.31 Å². The van der Waals surface area contributed by atoms with E-state index in [1.807, 2.05) is 25.1 Å². The molecule has 2 aromatic carbocycles.